The summed E-state index contributed by atoms with van der Waals surface area (Å²) >= 11 is 0. The van der Waals surface area contributed by atoms with Gasteiger partial charge in [-0.05, 0) is 61.9 Å². The maximum absolute atomic E-state index is 14.5. The van der Waals surface area contributed by atoms with Gasteiger partial charge >= 0.3 is 0 Å². The number of aliphatic hydroxyl groups is 1. The normalized spacial score (nSPS) is 15.6. The molecule has 1 aromatic heterocycles. The Hall–Kier alpha value is -1.81. The summed E-state index contributed by atoms with van der Waals surface area (Å²) in [6, 6.07) is 4.45. The van der Waals surface area contributed by atoms with Crippen LogP contribution in [0.5, 0.6) is 0 Å². The minimum Gasteiger partial charge on any atom is -0.388 e. The average molecular weight is 289 g/mol. The van der Waals surface area contributed by atoms with Crippen molar-refractivity contribution in [1.82, 2.24) is 4.98 Å². The second-order valence-electron chi connectivity index (χ2n) is 5.54. The van der Waals surface area contributed by atoms with Gasteiger partial charge in [-0.3, -0.25) is 4.98 Å². The van der Waals surface area contributed by atoms with Crippen molar-refractivity contribution < 1.29 is 13.9 Å². The highest BCUT2D eigenvalue weighted by molar-refractivity contribution is 5.62. The predicted octanol–water partition coefficient (Wildman–Crippen LogP) is 3.96. The molecule has 110 valence electrons. The van der Waals surface area contributed by atoms with Crippen LogP contribution in [0, 0.1) is 11.6 Å². The molecule has 2 aromatic rings. The number of nitrogens with zero attached hydrogens (tertiary/aromatic N) is 1. The lowest BCUT2D eigenvalue weighted by atomic mass is 9.91. The standard InChI is InChI=1S/C17H17F2NO/c1-10(21)16-14(18)7-6-13(17(16)19)15-8-11-4-2-3-5-12(11)9-20-15/h6-10,21H,2-5H2,1H3. The Bertz CT molecular complexity index is 683. The summed E-state index contributed by atoms with van der Waals surface area (Å²) in [5.74, 6) is -1.46. The number of aromatic nitrogens is 1. The first kappa shape index (κ1) is 14.1. The topological polar surface area (TPSA) is 33.1 Å². The first-order valence-electron chi connectivity index (χ1n) is 7.22. The molecule has 21 heavy (non-hydrogen) atoms. The van der Waals surface area contributed by atoms with Gasteiger partial charge in [0.15, 0.2) is 0 Å². The van der Waals surface area contributed by atoms with Gasteiger partial charge in [-0.25, -0.2) is 8.78 Å². The van der Waals surface area contributed by atoms with E-state index in [0.717, 1.165) is 25.7 Å². The molecule has 1 aliphatic rings. The molecule has 4 heteroatoms. The molecule has 3 rings (SSSR count). The van der Waals surface area contributed by atoms with Gasteiger partial charge in [0.1, 0.15) is 11.6 Å². The zero-order valence-corrected chi connectivity index (χ0v) is 11.9. The van der Waals surface area contributed by atoms with E-state index in [1.165, 1.54) is 30.2 Å². The van der Waals surface area contributed by atoms with Crippen molar-refractivity contribution in [1.29, 1.82) is 0 Å². The number of pyridine rings is 1. The van der Waals surface area contributed by atoms with Crippen LogP contribution in [0.15, 0.2) is 24.4 Å². The molecule has 1 aromatic carbocycles. The van der Waals surface area contributed by atoms with Gasteiger partial charge in [0, 0.05) is 11.8 Å². The smallest absolute Gasteiger partial charge is 0.141 e. The third kappa shape index (κ3) is 2.56. The maximum Gasteiger partial charge on any atom is 0.141 e. The quantitative estimate of drug-likeness (QED) is 0.907. The van der Waals surface area contributed by atoms with E-state index < -0.39 is 17.7 Å². The molecule has 0 fully saturated rings. The van der Waals surface area contributed by atoms with Gasteiger partial charge in [-0.15, -0.1) is 0 Å². The van der Waals surface area contributed by atoms with E-state index in [9.17, 15) is 13.9 Å². The Balaban J connectivity index is 2.10. The van der Waals surface area contributed by atoms with Crippen molar-refractivity contribution in [3.8, 4) is 11.3 Å². The highest BCUT2D eigenvalue weighted by Crippen LogP contribution is 2.31. The van der Waals surface area contributed by atoms with E-state index in [2.05, 4.69) is 4.98 Å². The summed E-state index contributed by atoms with van der Waals surface area (Å²) in [6.45, 7) is 1.35. The highest BCUT2D eigenvalue weighted by Gasteiger charge is 2.20. The molecule has 0 spiro atoms. The van der Waals surface area contributed by atoms with E-state index in [0.29, 0.717) is 5.69 Å². The molecule has 0 radical (unpaired) electrons. The Morgan fingerprint density at radius 2 is 1.86 bits per heavy atom. The van der Waals surface area contributed by atoms with Gasteiger partial charge in [-0.2, -0.15) is 0 Å². The molecule has 2 nitrogen and oxygen atoms in total. The molecule has 0 bridgehead atoms. The first-order chi connectivity index (χ1) is 10.1. The fraction of sp³-hybridized carbons (Fsp3) is 0.353. The zero-order chi connectivity index (χ0) is 15.0. The van der Waals surface area contributed by atoms with Crippen LogP contribution in [0.25, 0.3) is 11.3 Å². The molecule has 1 atom stereocenters. The number of aliphatic hydroxyl groups excluding tert-OH is 1. The van der Waals surface area contributed by atoms with Crippen LogP contribution in [0.2, 0.25) is 0 Å². The lowest BCUT2D eigenvalue weighted by Gasteiger charge is -2.17. The van der Waals surface area contributed by atoms with E-state index >= 15 is 0 Å². The average Bonchev–Trinajstić information content (AvgIpc) is 2.46. The van der Waals surface area contributed by atoms with Crippen LogP contribution in [0.1, 0.15) is 42.6 Å². The third-order valence-corrected chi connectivity index (χ3v) is 4.05. The fourth-order valence-electron chi connectivity index (χ4n) is 2.91. The number of hydrogen-bond donors (Lipinski definition) is 1. The Labute approximate surface area is 122 Å². The first-order valence-corrected chi connectivity index (χ1v) is 7.22. The van der Waals surface area contributed by atoms with Crippen molar-refractivity contribution >= 4 is 0 Å². The summed E-state index contributed by atoms with van der Waals surface area (Å²) in [7, 11) is 0. The number of hydrogen-bond acceptors (Lipinski definition) is 2. The predicted molar refractivity (Wildman–Crippen MR) is 76.9 cm³/mol. The molecule has 0 aliphatic heterocycles. The van der Waals surface area contributed by atoms with Crippen molar-refractivity contribution in [3.63, 3.8) is 0 Å². The van der Waals surface area contributed by atoms with Crippen LogP contribution in [0.3, 0.4) is 0 Å². The van der Waals surface area contributed by atoms with E-state index in [-0.39, 0.29) is 11.1 Å². The van der Waals surface area contributed by atoms with Crippen molar-refractivity contribution in [3.05, 3.63) is 52.7 Å². The minimum atomic E-state index is -1.19. The fourth-order valence-corrected chi connectivity index (χ4v) is 2.91. The molecule has 0 saturated heterocycles. The molecule has 0 amide bonds. The molecule has 1 aliphatic carbocycles. The SMILES string of the molecule is CC(O)c1c(F)ccc(-c2cc3c(cn2)CCCC3)c1F. The van der Waals surface area contributed by atoms with Gasteiger partial charge in [0.2, 0.25) is 0 Å². The lowest BCUT2D eigenvalue weighted by Crippen LogP contribution is -2.06. The van der Waals surface area contributed by atoms with Gasteiger partial charge < -0.3 is 5.11 Å². The second-order valence-corrected chi connectivity index (χ2v) is 5.54. The summed E-state index contributed by atoms with van der Waals surface area (Å²) in [6.07, 6.45) is 4.85. The second kappa shape index (κ2) is 5.53. The number of benzene rings is 1. The Morgan fingerprint density at radius 1 is 1.14 bits per heavy atom. The monoisotopic (exact) mass is 289 g/mol. The van der Waals surface area contributed by atoms with Gasteiger partial charge in [-0.1, -0.05) is 0 Å². The number of aryl methyl sites for hydroxylation is 2. The van der Waals surface area contributed by atoms with Crippen molar-refractivity contribution in [2.45, 2.75) is 38.7 Å². The molecular formula is C17H17F2NO. The zero-order valence-electron chi connectivity index (χ0n) is 11.9. The molecule has 1 heterocycles. The summed E-state index contributed by atoms with van der Waals surface area (Å²) in [5.41, 5.74) is 2.83. The summed E-state index contributed by atoms with van der Waals surface area (Å²) < 4.78 is 28.1. The summed E-state index contributed by atoms with van der Waals surface area (Å²) in [5, 5.41) is 9.55. The van der Waals surface area contributed by atoms with Crippen molar-refractivity contribution in [2.24, 2.45) is 0 Å². The van der Waals surface area contributed by atoms with Crippen LogP contribution >= 0.6 is 0 Å². The maximum atomic E-state index is 14.5. The number of fused-ring (bicyclic) bond motifs is 1. The van der Waals surface area contributed by atoms with Gasteiger partial charge in [0.25, 0.3) is 0 Å². The molecule has 1 unspecified atom stereocenters. The van der Waals surface area contributed by atoms with Crippen LogP contribution in [0.4, 0.5) is 8.78 Å². The molecule has 0 saturated carbocycles. The minimum absolute atomic E-state index is 0.237. The summed E-state index contributed by atoms with van der Waals surface area (Å²) in [4.78, 5) is 4.31. The van der Waals surface area contributed by atoms with E-state index in [1.54, 1.807) is 6.20 Å². The van der Waals surface area contributed by atoms with E-state index in [1.807, 2.05) is 6.07 Å². The van der Waals surface area contributed by atoms with Crippen LogP contribution in [-0.4, -0.2) is 10.1 Å². The number of rotatable bonds is 2. The van der Waals surface area contributed by atoms with Crippen molar-refractivity contribution in [2.75, 3.05) is 0 Å². The Kier molecular flexibility index (Phi) is 3.72. The molecule has 1 N–H and O–H groups in total. The third-order valence-electron chi connectivity index (χ3n) is 4.05. The number of halogens is 2. The van der Waals surface area contributed by atoms with Crippen LogP contribution < -0.4 is 0 Å². The molecular weight excluding hydrogens is 272 g/mol. The Morgan fingerprint density at radius 3 is 2.57 bits per heavy atom. The largest absolute Gasteiger partial charge is 0.388 e. The lowest BCUT2D eigenvalue weighted by molar-refractivity contribution is 0.188. The van der Waals surface area contributed by atoms with E-state index in [4.69, 9.17) is 0 Å². The van der Waals surface area contributed by atoms with Gasteiger partial charge in [0.05, 0.1) is 17.4 Å². The van der Waals surface area contributed by atoms with Crippen LogP contribution in [-0.2, 0) is 12.8 Å². The highest BCUT2D eigenvalue weighted by atomic mass is 19.1.